The van der Waals surface area contributed by atoms with E-state index in [9.17, 15) is 0 Å². The standard InChI is InChI=1S/C15H20N2O/c18-16-8-15-13-6-7-14(15)11-17(10-13)9-12-4-2-1-3-5-12/h1-5,8,13-15,18H,6-7,9-11H2/b16-8+. The lowest BCUT2D eigenvalue weighted by Crippen LogP contribution is -2.41. The Labute approximate surface area is 108 Å². The van der Waals surface area contributed by atoms with E-state index in [1.165, 1.54) is 18.4 Å². The van der Waals surface area contributed by atoms with Crippen molar-refractivity contribution in [3.63, 3.8) is 0 Å². The molecule has 2 fully saturated rings. The van der Waals surface area contributed by atoms with Crippen molar-refractivity contribution in [1.82, 2.24) is 4.90 Å². The van der Waals surface area contributed by atoms with Crippen LogP contribution in [0.25, 0.3) is 0 Å². The van der Waals surface area contributed by atoms with Crippen LogP contribution in [0.4, 0.5) is 0 Å². The molecular formula is C15H20N2O. The van der Waals surface area contributed by atoms with Gasteiger partial charge in [-0.25, -0.2) is 0 Å². The molecule has 1 aliphatic heterocycles. The second-order valence-electron chi connectivity index (χ2n) is 5.62. The Balaban J connectivity index is 1.65. The van der Waals surface area contributed by atoms with Crippen LogP contribution in [0.15, 0.2) is 35.5 Å². The smallest absolute Gasteiger partial charge is 0.0473 e. The zero-order valence-electron chi connectivity index (χ0n) is 10.6. The highest BCUT2D eigenvalue weighted by Gasteiger charge is 2.40. The van der Waals surface area contributed by atoms with E-state index in [0.717, 1.165) is 19.6 Å². The maximum Gasteiger partial charge on any atom is 0.0473 e. The zero-order valence-corrected chi connectivity index (χ0v) is 10.6. The van der Waals surface area contributed by atoms with Crippen molar-refractivity contribution in [3.8, 4) is 0 Å². The quantitative estimate of drug-likeness (QED) is 0.504. The molecule has 3 rings (SSSR count). The van der Waals surface area contributed by atoms with E-state index in [1.54, 1.807) is 6.21 Å². The van der Waals surface area contributed by atoms with E-state index >= 15 is 0 Å². The molecular weight excluding hydrogens is 224 g/mol. The molecule has 3 heteroatoms. The van der Waals surface area contributed by atoms with Crippen molar-refractivity contribution in [1.29, 1.82) is 0 Å². The Hall–Kier alpha value is -1.35. The van der Waals surface area contributed by atoms with Crippen LogP contribution >= 0.6 is 0 Å². The van der Waals surface area contributed by atoms with E-state index in [1.807, 2.05) is 0 Å². The molecule has 0 radical (unpaired) electrons. The summed E-state index contributed by atoms with van der Waals surface area (Å²) in [6.45, 7) is 3.33. The van der Waals surface area contributed by atoms with Gasteiger partial charge in [0.25, 0.3) is 0 Å². The number of hydrogen-bond donors (Lipinski definition) is 1. The largest absolute Gasteiger partial charge is 0.411 e. The molecule has 1 N–H and O–H groups in total. The normalized spacial score (nSPS) is 32.1. The Bertz CT molecular complexity index is 404. The van der Waals surface area contributed by atoms with E-state index in [2.05, 4.69) is 40.4 Å². The fourth-order valence-corrected chi connectivity index (χ4v) is 3.65. The number of nitrogens with zero attached hydrogens (tertiary/aromatic N) is 2. The van der Waals surface area contributed by atoms with Crippen LogP contribution in [0.1, 0.15) is 18.4 Å². The van der Waals surface area contributed by atoms with Crippen LogP contribution < -0.4 is 0 Å². The molecule has 1 aliphatic carbocycles. The first-order valence-electron chi connectivity index (χ1n) is 6.80. The number of likely N-dealkylation sites (tertiary alicyclic amines) is 1. The summed E-state index contributed by atoms with van der Waals surface area (Å²) < 4.78 is 0. The number of benzene rings is 1. The predicted octanol–water partition coefficient (Wildman–Crippen LogP) is 2.60. The molecule has 0 amide bonds. The van der Waals surface area contributed by atoms with E-state index in [-0.39, 0.29) is 0 Å². The van der Waals surface area contributed by atoms with E-state index in [0.29, 0.717) is 17.8 Å². The summed E-state index contributed by atoms with van der Waals surface area (Å²) in [7, 11) is 0. The molecule has 0 spiro atoms. The lowest BCUT2D eigenvalue weighted by atomic mass is 9.86. The van der Waals surface area contributed by atoms with Crippen LogP contribution in [-0.2, 0) is 6.54 Å². The lowest BCUT2D eigenvalue weighted by Gasteiger charge is -2.36. The van der Waals surface area contributed by atoms with Crippen LogP contribution in [0, 0.1) is 17.8 Å². The van der Waals surface area contributed by atoms with Crippen molar-refractivity contribution in [2.45, 2.75) is 19.4 Å². The molecule has 0 aromatic heterocycles. The van der Waals surface area contributed by atoms with Crippen molar-refractivity contribution < 1.29 is 5.21 Å². The highest BCUT2D eigenvalue weighted by atomic mass is 16.4. The Morgan fingerprint density at radius 1 is 1.17 bits per heavy atom. The second kappa shape index (κ2) is 5.11. The lowest BCUT2D eigenvalue weighted by molar-refractivity contribution is 0.134. The van der Waals surface area contributed by atoms with Crippen LogP contribution in [0.5, 0.6) is 0 Å². The summed E-state index contributed by atoms with van der Waals surface area (Å²) in [6.07, 6.45) is 4.33. The third-order valence-electron chi connectivity index (χ3n) is 4.47. The summed E-state index contributed by atoms with van der Waals surface area (Å²) in [5.74, 6) is 1.87. The van der Waals surface area contributed by atoms with Crippen molar-refractivity contribution in [3.05, 3.63) is 35.9 Å². The predicted molar refractivity (Wildman–Crippen MR) is 71.7 cm³/mol. The molecule has 18 heavy (non-hydrogen) atoms. The molecule has 1 aromatic rings. The maximum atomic E-state index is 8.74. The Morgan fingerprint density at radius 2 is 1.83 bits per heavy atom. The minimum absolute atomic E-state index is 0.502. The van der Waals surface area contributed by atoms with Crippen LogP contribution in [-0.4, -0.2) is 29.4 Å². The van der Waals surface area contributed by atoms with Gasteiger partial charge in [-0.2, -0.15) is 0 Å². The first-order valence-corrected chi connectivity index (χ1v) is 6.80. The first-order chi connectivity index (χ1) is 8.86. The van der Waals surface area contributed by atoms with Crippen LogP contribution in [0.3, 0.4) is 0 Å². The van der Waals surface area contributed by atoms with Gasteiger partial charge in [-0.05, 0) is 30.2 Å². The molecule has 2 bridgehead atoms. The molecule has 1 aromatic carbocycles. The van der Waals surface area contributed by atoms with Gasteiger partial charge in [0.15, 0.2) is 0 Å². The van der Waals surface area contributed by atoms with Crippen molar-refractivity contribution >= 4 is 6.21 Å². The Morgan fingerprint density at radius 3 is 2.44 bits per heavy atom. The number of piperidine rings is 1. The summed E-state index contributed by atoms with van der Waals surface area (Å²) in [5.41, 5.74) is 1.39. The van der Waals surface area contributed by atoms with Gasteiger partial charge in [-0.3, -0.25) is 4.90 Å². The molecule has 1 heterocycles. The van der Waals surface area contributed by atoms with Gasteiger partial charge in [-0.1, -0.05) is 30.3 Å². The highest BCUT2D eigenvalue weighted by Crippen LogP contribution is 2.41. The minimum Gasteiger partial charge on any atom is -0.411 e. The van der Waals surface area contributed by atoms with Gasteiger partial charge in [0, 0.05) is 31.8 Å². The average Bonchev–Trinajstić information content (AvgIpc) is 2.63. The molecule has 2 unspecified atom stereocenters. The van der Waals surface area contributed by atoms with Crippen LogP contribution in [0.2, 0.25) is 0 Å². The monoisotopic (exact) mass is 244 g/mol. The number of hydrogen-bond acceptors (Lipinski definition) is 3. The molecule has 1 saturated heterocycles. The van der Waals surface area contributed by atoms with Gasteiger partial charge in [0.1, 0.15) is 0 Å². The van der Waals surface area contributed by atoms with E-state index < -0.39 is 0 Å². The molecule has 2 aliphatic rings. The highest BCUT2D eigenvalue weighted by molar-refractivity contribution is 5.61. The maximum absolute atomic E-state index is 8.74. The minimum atomic E-state index is 0.502. The topological polar surface area (TPSA) is 35.8 Å². The molecule has 96 valence electrons. The Kier molecular flexibility index (Phi) is 3.33. The average molecular weight is 244 g/mol. The summed E-state index contributed by atoms with van der Waals surface area (Å²) >= 11 is 0. The fourth-order valence-electron chi connectivity index (χ4n) is 3.65. The third kappa shape index (κ3) is 2.27. The number of fused-ring (bicyclic) bond motifs is 2. The third-order valence-corrected chi connectivity index (χ3v) is 4.47. The van der Waals surface area contributed by atoms with Gasteiger partial charge in [0.2, 0.25) is 0 Å². The van der Waals surface area contributed by atoms with Gasteiger partial charge >= 0.3 is 0 Å². The SMILES string of the molecule is O/N=C/C1C2CCC1CN(Cc1ccccc1)C2. The summed E-state index contributed by atoms with van der Waals surface area (Å²) in [5, 5.41) is 12.0. The van der Waals surface area contributed by atoms with Crippen molar-refractivity contribution in [2.24, 2.45) is 22.9 Å². The zero-order chi connectivity index (χ0) is 12.4. The van der Waals surface area contributed by atoms with Gasteiger partial charge in [-0.15, -0.1) is 5.16 Å². The molecule has 2 atom stereocenters. The van der Waals surface area contributed by atoms with Crippen molar-refractivity contribution in [2.75, 3.05) is 13.1 Å². The van der Waals surface area contributed by atoms with E-state index in [4.69, 9.17) is 5.21 Å². The number of oxime groups is 1. The summed E-state index contributed by atoms with van der Waals surface area (Å²) in [4.78, 5) is 2.55. The molecule has 1 saturated carbocycles. The van der Waals surface area contributed by atoms with Gasteiger partial charge in [0.05, 0.1) is 0 Å². The summed E-state index contributed by atoms with van der Waals surface area (Å²) in [6, 6.07) is 10.7. The van der Waals surface area contributed by atoms with Gasteiger partial charge < -0.3 is 5.21 Å². The second-order valence-corrected chi connectivity index (χ2v) is 5.62. The molecule has 3 nitrogen and oxygen atoms in total. The first kappa shape index (κ1) is 11.7. The number of rotatable bonds is 3. The fraction of sp³-hybridized carbons (Fsp3) is 0.533.